The molecule has 2 rings (SSSR count). The topological polar surface area (TPSA) is 24.4 Å². The molecule has 0 fully saturated rings. The molecule has 1 heterocycles. The first-order valence-corrected chi connectivity index (χ1v) is 6.70. The Hall–Kier alpha value is -1.03. The quantitative estimate of drug-likeness (QED) is 0.821. The van der Waals surface area contributed by atoms with E-state index in [1.165, 1.54) is 12.1 Å². The van der Waals surface area contributed by atoms with Crippen molar-refractivity contribution in [1.29, 1.82) is 0 Å². The molecule has 1 N–H and O–H groups in total. The molecule has 0 aromatic heterocycles. The van der Waals surface area contributed by atoms with Crippen molar-refractivity contribution in [1.82, 2.24) is 0 Å². The van der Waals surface area contributed by atoms with Gasteiger partial charge < -0.3 is 5.32 Å². The maximum absolute atomic E-state index is 13.2. The fourth-order valence-corrected chi connectivity index (χ4v) is 3.07. The van der Waals surface area contributed by atoms with Gasteiger partial charge in [0.2, 0.25) is 0 Å². The lowest BCUT2D eigenvalue weighted by molar-refractivity contribution is 0.628. The molecule has 1 aliphatic rings. The molecule has 1 aromatic rings. The fraction of sp³-hybridized carbons (Fsp3) is 0.462. The molecule has 1 aliphatic heterocycles. The van der Waals surface area contributed by atoms with Crippen LogP contribution in [0, 0.1) is 12.7 Å². The van der Waals surface area contributed by atoms with Crippen LogP contribution in [0.5, 0.6) is 0 Å². The second-order valence-electron chi connectivity index (χ2n) is 4.53. The Labute approximate surface area is 106 Å². The maximum atomic E-state index is 13.2. The third-order valence-corrected chi connectivity index (χ3v) is 3.79. The normalized spacial score (nSPS) is 24.4. The van der Waals surface area contributed by atoms with Crippen molar-refractivity contribution in [3.63, 3.8) is 0 Å². The molecule has 0 saturated carbocycles. The average Bonchev–Trinajstić information content (AvgIpc) is 2.22. The molecule has 0 radical (unpaired) electrons. The van der Waals surface area contributed by atoms with Crippen LogP contribution in [0.15, 0.2) is 23.2 Å². The molecule has 0 aliphatic carbocycles. The highest BCUT2D eigenvalue weighted by Gasteiger charge is 2.18. The summed E-state index contributed by atoms with van der Waals surface area (Å²) in [6.07, 6.45) is 1.10. The number of benzene rings is 1. The van der Waals surface area contributed by atoms with Crippen molar-refractivity contribution in [3.8, 4) is 0 Å². The maximum Gasteiger partial charge on any atom is 0.161 e. The summed E-state index contributed by atoms with van der Waals surface area (Å²) in [5.74, 6) is -0.222. The van der Waals surface area contributed by atoms with Gasteiger partial charge in [0, 0.05) is 10.9 Å². The number of aryl methyl sites for hydroxylation is 1. The first kappa shape index (κ1) is 12.4. The van der Waals surface area contributed by atoms with E-state index in [9.17, 15) is 4.39 Å². The highest BCUT2D eigenvalue weighted by Crippen LogP contribution is 2.27. The van der Waals surface area contributed by atoms with Crippen molar-refractivity contribution >= 4 is 22.6 Å². The fourth-order valence-electron chi connectivity index (χ4n) is 1.91. The molecular formula is C13H17FN2S. The average molecular weight is 252 g/mol. The van der Waals surface area contributed by atoms with E-state index < -0.39 is 0 Å². The number of rotatable bonds is 1. The third-order valence-electron chi connectivity index (χ3n) is 2.76. The Kier molecular flexibility index (Phi) is 3.72. The number of nitrogens with one attached hydrogen (secondary N) is 1. The van der Waals surface area contributed by atoms with E-state index in [-0.39, 0.29) is 5.82 Å². The van der Waals surface area contributed by atoms with Crippen LogP contribution in [0.25, 0.3) is 0 Å². The van der Waals surface area contributed by atoms with Crippen LogP contribution in [-0.4, -0.2) is 16.5 Å². The van der Waals surface area contributed by atoms with E-state index in [0.29, 0.717) is 11.3 Å². The molecule has 4 heteroatoms. The largest absolute Gasteiger partial charge is 0.335 e. The van der Waals surface area contributed by atoms with E-state index in [4.69, 9.17) is 0 Å². The molecule has 2 atom stereocenters. The summed E-state index contributed by atoms with van der Waals surface area (Å²) in [6, 6.07) is 5.10. The van der Waals surface area contributed by atoms with Gasteiger partial charge >= 0.3 is 0 Å². The van der Waals surface area contributed by atoms with Gasteiger partial charge in [-0.15, -0.1) is 0 Å². The highest BCUT2D eigenvalue weighted by atomic mass is 32.2. The zero-order valence-electron chi connectivity index (χ0n) is 10.3. The van der Waals surface area contributed by atoms with E-state index in [2.05, 4.69) is 24.2 Å². The van der Waals surface area contributed by atoms with E-state index >= 15 is 0 Å². The molecule has 0 spiro atoms. The second-order valence-corrected chi connectivity index (χ2v) is 5.96. The summed E-state index contributed by atoms with van der Waals surface area (Å²) in [6.45, 7) is 6.26. The third kappa shape index (κ3) is 3.22. The van der Waals surface area contributed by atoms with Crippen molar-refractivity contribution in [2.45, 2.75) is 38.5 Å². The van der Waals surface area contributed by atoms with Crippen LogP contribution in [0.3, 0.4) is 0 Å². The molecule has 1 aromatic carbocycles. The number of anilines is 1. The summed E-state index contributed by atoms with van der Waals surface area (Å²) < 4.78 is 13.2. The summed E-state index contributed by atoms with van der Waals surface area (Å²) in [5, 5.41) is 4.67. The SMILES string of the molecule is Cc1ccc(F)cc1NC1=NC(C)CC(C)S1. The van der Waals surface area contributed by atoms with Crippen LogP contribution >= 0.6 is 11.8 Å². The Bertz CT molecular complexity index is 445. The van der Waals surface area contributed by atoms with Crippen LogP contribution in [0.1, 0.15) is 25.8 Å². The minimum Gasteiger partial charge on any atom is -0.335 e. The van der Waals surface area contributed by atoms with Gasteiger partial charge in [-0.05, 0) is 38.0 Å². The number of halogens is 1. The monoisotopic (exact) mass is 252 g/mol. The van der Waals surface area contributed by atoms with Gasteiger partial charge in [-0.1, -0.05) is 24.8 Å². The Morgan fingerprint density at radius 2 is 2.18 bits per heavy atom. The summed E-state index contributed by atoms with van der Waals surface area (Å²) in [5.41, 5.74) is 1.83. The van der Waals surface area contributed by atoms with Gasteiger partial charge in [0.05, 0.1) is 6.04 Å². The molecule has 0 saturated heterocycles. The van der Waals surface area contributed by atoms with Gasteiger partial charge in [0.25, 0.3) is 0 Å². The number of aliphatic imine (C=N–C) groups is 1. The number of hydrogen-bond acceptors (Lipinski definition) is 3. The molecule has 2 unspecified atom stereocenters. The summed E-state index contributed by atoms with van der Waals surface area (Å²) in [7, 11) is 0. The smallest absolute Gasteiger partial charge is 0.161 e. The number of hydrogen-bond donors (Lipinski definition) is 1. The lowest BCUT2D eigenvalue weighted by atomic mass is 10.2. The minimum atomic E-state index is -0.222. The zero-order chi connectivity index (χ0) is 12.4. The lowest BCUT2D eigenvalue weighted by Gasteiger charge is -2.23. The van der Waals surface area contributed by atoms with Gasteiger partial charge in [0.15, 0.2) is 5.17 Å². The zero-order valence-corrected chi connectivity index (χ0v) is 11.1. The van der Waals surface area contributed by atoms with Gasteiger partial charge in [-0.2, -0.15) is 0 Å². The Morgan fingerprint density at radius 3 is 2.88 bits per heavy atom. The van der Waals surface area contributed by atoms with E-state index in [1.54, 1.807) is 17.8 Å². The van der Waals surface area contributed by atoms with Crippen LogP contribution in [0.4, 0.5) is 10.1 Å². The van der Waals surface area contributed by atoms with Crippen molar-refractivity contribution in [2.75, 3.05) is 5.32 Å². The van der Waals surface area contributed by atoms with E-state index in [1.807, 2.05) is 6.92 Å². The van der Waals surface area contributed by atoms with E-state index in [0.717, 1.165) is 22.8 Å². The minimum absolute atomic E-state index is 0.222. The van der Waals surface area contributed by atoms with Gasteiger partial charge in [-0.25, -0.2) is 4.39 Å². The highest BCUT2D eigenvalue weighted by molar-refractivity contribution is 8.14. The number of thioether (sulfide) groups is 1. The van der Waals surface area contributed by atoms with Crippen LogP contribution in [0.2, 0.25) is 0 Å². The summed E-state index contributed by atoms with van der Waals surface area (Å²) in [4.78, 5) is 4.54. The molecular weight excluding hydrogens is 235 g/mol. The van der Waals surface area contributed by atoms with Gasteiger partial charge in [-0.3, -0.25) is 4.99 Å². The Balaban J connectivity index is 2.18. The van der Waals surface area contributed by atoms with Crippen molar-refractivity contribution in [3.05, 3.63) is 29.6 Å². The number of nitrogens with zero attached hydrogens (tertiary/aromatic N) is 1. The standard InChI is InChI=1S/C13H17FN2S/c1-8-4-5-11(14)7-12(8)16-13-15-9(2)6-10(3)17-13/h4-5,7,9-10H,6H2,1-3H3,(H,15,16). The molecule has 92 valence electrons. The molecule has 0 amide bonds. The Morgan fingerprint density at radius 1 is 1.41 bits per heavy atom. The van der Waals surface area contributed by atoms with Crippen molar-refractivity contribution < 1.29 is 4.39 Å². The lowest BCUT2D eigenvalue weighted by Crippen LogP contribution is -2.23. The first-order chi connectivity index (χ1) is 8.04. The molecule has 17 heavy (non-hydrogen) atoms. The second kappa shape index (κ2) is 5.08. The predicted molar refractivity (Wildman–Crippen MR) is 73.3 cm³/mol. The first-order valence-electron chi connectivity index (χ1n) is 5.82. The molecule has 0 bridgehead atoms. The molecule has 2 nitrogen and oxygen atoms in total. The predicted octanol–water partition coefficient (Wildman–Crippen LogP) is 3.82. The van der Waals surface area contributed by atoms with Crippen LogP contribution < -0.4 is 5.32 Å². The summed E-state index contributed by atoms with van der Waals surface area (Å²) >= 11 is 1.72. The van der Waals surface area contributed by atoms with Crippen molar-refractivity contribution in [2.24, 2.45) is 4.99 Å². The van der Waals surface area contributed by atoms with Gasteiger partial charge in [0.1, 0.15) is 5.82 Å². The number of amidine groups is 1. The van der Waals surface area contributed by atoms with Crippen LogP contribution in [-0.2, 0) is 0 Å².